The quantitative estimate of drug-likeness (QED) is 0.839. The van der Waals surface area contributed by atoms with Gasteiger partial charge in [-0.15, -0.1) is 0 Å². The van der Waals surface area contributed by atoms with Crippen molar-refractivity contribution in [2.75, 3.05) is 19.5 Å². The Kier molecular flexibility index (Phi) is 4.91. The molecule has 1 unspecified atom stereocenters. The molecule has 5 heteroatoms. The zero-order chi connectivity index (χ0) is 15.4. The van der Waals surface area contributed by atoms with Crippen molar-refractivity contribution >= 4 is 17.3 Å². The van der Waals surface area contributed by atoms with Gasteiger partial charge < -0.3 is 14.8 Å². The first kappa shape index (κ1) is 15.4. The number of hydrogen-bond acceptors (Lipinski definition) is 4. The maximum Gasteiger partial charge on any atom is 0.129 e. The van der Waals surface area contributed by atoms with Gasteiger partial charge in [-0.1, -0.05) is 11.6 Å². The van der Waals surface area contributed by atoms with Gasteiger partial charge in [-0.05, 0) is 44.2 Å². The molecular weight excluding hydrogens is 288 g/mol. The third kappa shape index (κ3) is 3.58. The summed E-state index contributed by atoms with van der Waals surface area (Å²) in [6, 6.07) is 9.48. The molecule has 21 heavy (non-hydrogen) atoms. The van der Waals surface area contributed by atoms with E-state index in [1.54, 1.807) is 20.3 Å². The fourth-order valence-corrected chi connectivity index (χ4v) is 2.36. The molecule has 1 N–H and O–H groups in total. The smallest absolute Gasteiger partial charge is 0.129 e. The van der Waals surface area contributed by atoms with E-state index in [1.165, 1.54) is 0 Å². The number of ether oxygens (including phenoxy) is 2. The summed E-state index contributed by atoms with van der Waals surface area (Å²) in [6.07, 6.45) is 0. The Morgan fingerprint density at radius 3 is 2.52 bits per heavy atom. The summed E-state index contributed by atoms with van der Waals surface area (Å²) in [5.74, 6) is 1.61. The molecule has 1 heterocycles. The van der Waals surface area contributed by atoms with Crippen molar-refractivity contribution in [2.24, 2.45) is 0 Å². The van der Waals surface area contributed by atoms with Gasteiger partial charge in [-0.2, -0.15) is 0 Å². The number of aryl methyl sites for hydroxylation is 1. The molecule has 0 aliphatic carbocycles. The number of pyridine rings is 1. The lowest BCUT2D eigenvalue weighted by Crippen LogP contribution is -2.10. The van der Waals surface area contributed by atoms with E-state index in [-0.39, 0.29) is 6.04 Å². The van der Waals surface area contributed by atoms with Gasteiger partial charge in [0.2, 0.25) is 0 Å². The van der Waals surface area contributed by atoms with Crippen LogP contribution in [0.25, 0.3) is 0 Å². The zero-order valence-corrected chi connectivity index (χ0v) is 13.4. The van der Waals surface area contributed by atoms with E-state index in [0.717, 1.165) is 28.4 Å². The van der Waals surface area contributed by atoms with Crippen molar-refractivity contribution in [1.82, 2.24) is 4.98 Å². The van der Waals surface area contributed by atoms with Crippen LogP contribution in [0.3, 0.4) is 0 Å². The molecule has 0 fully saturated rings. The molecule has 0 radical (unpaired) electrons. The first-order valence-corrected chi connectivity index (χ1v) is 7.04. The van der Waals surface area contributed by atoms with Gasteiger partial charge in [0.25, 0.3) is 0 Å². The molecule has 0 saturated carbocycles. The largest absolute Gasteiger partial charge is 0.497 e. The molecule has 2 rings (SSSR count). The van der Waals surface area contributed by atoms with Gasteiger partial charge in [0.05, 0.1) is 31.6 Å². The average molecular weight is 307 g/mol. The van der Waals surface area contributed by atoms with Crippen LogP contribution in [0.2, 0.25) is 5.15 Å². The molecule has 1 aromatic heterocycles. The van der Waals surface area contributed by atoms with Crippen LogP contribution in [-0.2, 0) is 0 Å². The molecule has 0 spiro atoms. The number of hydrogen-bond donors (Lipinski definition) is 1. The van der Waals surface area contributed by atoms with Crippen LogP contribution in [-0.4, -0.2) is 19.2 Å². The molecular formula is C16H19ClN2O2. The number of benzene rings is 1. The zero-order valence-electron chi connectivity index (χ0n) is 12.6. The lowest BCUT2D eigenvalue weighted by molar-refractivity contribution is 0.397. The second-order valence-electron chi connectivity index (χ2n) is 4.74. The van der Waals surface area contributed by atoms with E-state index in [0.29, 0.717) is 5.15 Å². The highest BCUT2D eigenvalue weighted by Crippen LogP contribution is 2.31. The number of methoxy groups -OCH3 is 2. The van der Waals surface area contributed by atoms with Crippen LogP contribution in [0, 0.1) is 6.92 Å². The molecule has 1 atom stereocenters. The van der Waals surface area contributed by atoms with E-state index in [9.17, 15) is 0 Å². The minimum absolute atomic E-state index is 0.0386. The average Bonchev–Trinajstić information content (AvgIpc) is 2.49. The van der Waals surface area contributed by atoms with E-state index >= 15 is 0 Å². The second kappa shape index (κ2) is 6.68. The lowest BCUT2D eigenvalue weighted by atomic mass is 10.1. The van der Waals surface area contributed by atoms with Crippen LogP contribution >= 0.6 is 11.6 Å². The van der Waals surface area contributed by atoms with Crippen molar-refractivity contribution in [2.45, 2.75) is 19.9 Å². The van der Waals surface area contributed by atoms with Gasteiger partial charge in [-0.25, -0.2) is 4.98 Å². The van der Waals surface area contributed by atoms with Gasteiger partial charge in [0, 0.05) is 5.56 Å². The lowest BCUT2D eigenvalue weighted by Gasteiger charge is -2.20. The highest BCUT2D eigenvalue weighted by Gasteiger charge is 2.14. The SMILES string of the molecule is COc1ccc(OC)c(C(C)Nc2ccc(Cl)nc2C)c1. The summed E-state index contributed by atoms with van der Waals surface area (Å²) in [6.45, 7) is 3.98. The molecule has 112 valence electrons. The van der Waals surface area contributed by atoms with E-state index in [1.807, 2.05) is 31.2 Å². The van der Waals surface area contributed by atoms with Crippen LogP contribution in [0.15, 0.2) is 30.3 Å². The standard InChI is InChI=1S/C16H19ClN2O2/c1-10(18-14-6-8-16(17)19-11(14)2)13-9-12(20-3)5-7-15(13)21-4/h5-10,18H,1-4H3. The summed E-state index contributed by atoms with van der Waals surface area (Å²) in [5.41, 5.74) is 2.82. The summed E-state index contributed by atoms with van der Waals surface area (Å²) < 4.78 is 10.7. The Morgan fingerprint density at radius 1 is 1.14 bits per heavy atom. The normalized spacial score (nSPS) is 11.9. The number of rotatable bonds is 5. The van der Waals surface area contributed by atoms with Gasteiger partial charge in [0.1, 0.15) is 16.7 Å². The number of nitrogens with zero attached hydrogens (tertiary/aromatic N) is 1. The molecule has 0 aliphatic rings. The van der Waals surface area contributed by atoms with E-state index < -0.39 is 0 Å². The van der Waals surface area contributed by atoms with Crippen molar-refractivity contribution in [3.8, 4) is 11.5 Å². The van der Waals surface area contributed by atoms with Crippen molar-refractivity contribution in [3.63, 3.8) is 0 Å². The summed E-state index contributed by atoms with van der Waals surface area (Å²) in [7, 11) is 3.31. The minimum Gasteiger partial charge on any atom is -0.497 e. The predicted octanol–water partition coefficient (Wildman–Crippen LogP) is 4.23. The summed E-state index contributed by atoms with van der Waals surface area (Å²) in [5, 5.41) is 3.91. The fraction of sp³-hybridized carbons (Fsp3) is 0.312. The third-order valence-corrected chi connectivity index (χ3v) is 3.54. The summed E-state index contributed by atoms with van der Waals surface area (Å²) in [4.78, 5) is 4.24. The monoisotopic (exact) mass is 306 g/mol. The van der Waals surface area contributed by atoms with E-state index in [2.05, 4.69) is 17.2 Å². The third-order valence-electron chi connectivity index (χ3n) is 3.33. The maximum atomic E-state index is 5.88. The Bertz CT molecular complexity index is 632. The maximum absolute atomic E-state index is 5.88. The number of halogens is 1. The Morgan fingerprint density at radius 2 is 1.90 bits per heavy atom. The number of anilines is 1. The Balaban J connectivity index is 2.28. The van der Waals surface area contributed by atoms with Crippen LogP contribution < -0.4 is 14.8 Å². The van der Waals surface area contributed by atoms with Crippen molar-refractivity contribution in [1.29, 1.82) is 0 Å². The van der Waals surface area contributed by atoms with Crippen LogP contribution in [0.4, 0.5) is 5.69 Å². The van der Waals surface area contributed by atoms with Crippen LogP contribution in [0.5, 0.6) is 11.5 Å². The highest BCUT2D eigenvalue weighted by atomic mass is 35.5. The first-order valence-electron chi connectivity index (χ1n) is 6.66. The molecule has 0 amide bonds. The van der Waals surface area contributed by atoms with Crippen LogP contribution in [0.1, 0.15) is 24.2 Å². The molecule has 1 aromatic carbocycles. The molecule has 0 saturated heterocycles. The molecule has 0 aliphatic heterocycles. The van der Waals surface area contributed by atoms with Gasteiger partial charge >= 0.3 is 0 Å². The summed E-state index contributed by atoms with van der Waals surface area (Å²) >= 11 is 5.88. The predicted molar refractivity (Wildman–Crippen MR) is 85.6 cm³/mol. The first-order chi connectivity index (χ1) is 10.0. The van der Waals surface area contributed by atoms with Gasteiger partial charge in [0.15, 0.2) is 0 Å². The van der Waals surface area contributed by atoms with Crippen molar-refractivity contribution < 1.29 is 9.47 Å². The molecule has 2 aromatic rings. The number of nitrogens with one attached hydrogen (secondary N) is 1. The van der Waals surface area contributed by atoms with E-state index in [4.69, 9.17) is 21.1 Å². The topological polar surface area (TPSA) is 43.4 Å². The second-order valence-corrected chi connectivity index (χ2v) is 5.13. The molecule has 0 bridgehead atoms. The number of aromatic nitrogens is 1. The fourth-order valence-electron chi connectivity index (χ4n) is 2.17. The minimum atomic E-state index is 0.0386. The highest BCUT2D eigenvalue weighted by molar-refractivity contribution is 6.29. The Labute approximate surface area is 130 Å². The molecule has 4 nitrogen and oxygen atoms in total. The van der Waals surface area contributed by atoms with Gasteiger partial charge in [-0.3, -0.25) is 0 Å². The van der Waals surface area contributed by atoms with Crippen molar-refractivity contribution in [3.05, 3.63) is 46.7 Å². The Hall–Kier alpha value is -1.94.